The van der Waals surface area contributed by atoms with E-state index in [1.165, 1.54) is 18.2 Å². The van der Waals surface area contributed by atoms with Crippen molar-refractivity contribution in [3.8, 4) is 11.3 Å². The molecule has 0 aliphatic rings. The van der Waals surface area contributed by atoms with Crippen LogP contribution >= 0.6 is 0 Å². The van der Waals surface area contributed by atoms with Gasteiger partial charge < -0.3 is 20.7 Å². The van der Waals surface area contributed by atoms with Crippen LogP contribution in [0.3, 0.4) is 0 Å². The lowest BCUT2D eigenvalue weighted by atomic mass is 10.0. The summed E-state index contributed by atoms with van der Waals surface area (Å²) in [4.78, 5) is 14.8. The summed E-state index contributed by atoms with van der Waals surface area (Å²) in [6.45, 7) is 1.66. The monoisotopic (exact) mass is 391 g/mol. The molecule has 28 heavy (non-hydrogen) atoms. The number of amides is 2. The maximum atomic E-state index is 14.2. The molecule has 1 atom stereocenters. The highest BCUT2D eigenvalue weighted by atomic mass is 19.1. The van der Waals surface area contributed by atoms with E-state index in [0.717, 1.165) is 6.07 Å². The van der Waals surface area contributed by atoms with E-state index in [9.17, 15) is 18.0 Å². The zero-order valence-corrected chi connectivity index (χ0v) is 15.2. The van der Waals surface area contributed by atoms with Gasteiger partial charge in [-0.3, -0.25) is 0 Å². The number of carbonyl (C=O) groups is 1. The quantitative estimate of drug-likeness (QED) is 0.519. The van der Waals surface area contributed by atoms with Crippen LogP contribution in [0.5, 0.6) is 0 Å². The van der Waals surface area contributed by atoms with Crippen LogP contribution in [0.15, 0.2) is 36.4 Å². The molecule has 1 heterocycles. The first-order valence-corrected chi connectivity index (χ1v) is 8.79. The molecule has 0 saturated carbocycles. The van der Waals surface area contributed by atoms with E-state index in [4.69, 9.17) is 5.11 Å². The fourth-order valence-corrected chi connectivity index (χ4v) is 3.02. The average molecular weight is 391 g/mol. The Morgan fingerprint density at radius 2 is 1.86 bits per heavy atom. The molecule has 0 unspecified atom stereocenters. The van der Waals surface area contributed by atoms with Crippen molar-refractivity contribution < 1.29 is 23.1 Å². The van der Waals surface area contributed by atoms with Crippen molar-refractivity contribution >= 4 is 16.9 Å². The molecule has 8 heteroatoms. The van der Waals surface area contributed by atoms with E-state index in [0.29, 0.717) is 22.2 Å². The van der Waals surface area contributed by atoms with Crippen LogP contribution < -0.4 is 10.6 Å². The van der Waals surface area contributed by atoms with Gasteiger partial charge in [-0.25, -0.2) is 18.0 Å². The molecule has 2 amide bonds. The molecule has 0 bridgehead atoms. The summed E-state index contributed by atoms with van der Waals surface area (Å²) in [5.41, 5.74) is 1.90. The van der Waals surface area contributed by atoms with Crippen molar-refractivity contribution in [1.82, 2.24) is 15.6 Å². The molecule has 2 aromatic carbocycles. The Bertz CT molecular complexity index is 987. The molecule has 148 valence electrons. The summed E-state index contributed by atoms with van der Waals surface area (Å²) in [7, 11) is 0. The summed E-state index contributed by atoms with van der Waals surface area (Å²) >= 11 is 0. The third-order valence-electron chi connectivity index (χ3n) is 4.38. The lowest BCUT2D eigenvalue weighted by molar-refractivity contribution is 0.220. The standard InChI is InChI=1S/C20H20F3N3O2/c1-11(10-27)25-20(28)24-7-6-15-16-8-14(22)9-17(23)19(16)26-18(15)12-2-4-13(21)5-3-12/h2-5,8-9,11,26-27H,6-7,10H2,1H3,(H2,24,25,28)/t11-/m0/s1. The highest BCUT2D eigenvalue weighted by Crippen LogP contribution is 2.32. The topological polar surface area (TPSA) is 77.2 Å². The molecular formula is C20H20F3N3O2. The highest BCUT2D eigenvalue weighted by Gasteiger charge is 2.17. The van der Waals surface area contributed by atoms with Crippen LogP contribution in [0, 0.1) is 17.5 Å². The van der Waals surface area contributed by atoms with Crippen molar-refractivity contribution in [3.05, 3.63) is 59.4 Å². The molecule has 5 nitrogen and oxygen atoms in total. The number of hydrogen-bond donors (Lipinski definition) is 4. The fraction of sp³-hybridized carbons (Fsp3) is 0.250. The Balaban J connectivity index is 1.91. The number of halogens is 3. The molecule has 0 aliphatic carbocycles. The summed E-state index contributed by atoms with van der Waals surface area (Å²) in [6, 6.07) is 6.81. The second kappa shape index (κ2) is 8.35. The van der Waals surface area contributed by atoms with Gasteiger partial charge in [0.05, 0.1) is 18.2 Å². The fourth-order valence-electron chi connectivity index (χ4n) is 3.02. The van der Waals surface area contributed by atoms with E-state index in [-0.39, 0.29) is 25.1 Å². The molecule has 0 saturated heterocycles. The molecule has 1 aromatic heterocycles. The van der Waals surface area contributed by atoms with E-state index in [2.05, 4.69) is 15.6 Å². The van der Waals surface area contributed by atoms with Crippen molar-refractivity contribution in [2.45, 2.75) is 19.4 Å². The zero-order valence-electron chi connectivity index (χ0n) is 15.2. The van der Waals surface area contributed by atoms with E-state index < -0.39 is 29.5 Å². The number of aliphatic hydroxyl groups is 1. The minimum Gasteiger partial charge on any atom is -0.394 e. The molecule has 0 spiro atoms. The lowest BCUT2D eigenvalue weighted by Gasteiger charge is -2.12. The van der Waals surface area contributed by atoms with Crippen LogP contribution in [0.2, 0.25) is 0 Å². The number of aromatic nitrogens is 1. The number of fused-ring (bicyclic) bond motifs is 1. The third-order valence-corrected chi connectivity index (χ3v) is 4.38. The number of hydrogen-bond acceptors (Lipinski definition) is 2. The number of aliphatic hydroxyl groups excluding tert-OH is 1. The maximum absolute atomic E-state index is 14.2. The molecule has 0 fully saturated rings. The Labute approximate surface area is 159 Å². The molecule has 3 aromatic rings. The van der Waals surface area contributed by atoms with Gasteiger partial charge in [-0.2, -0.15) is 0 Å². The molecule has 4 N–H and O–H groups in total. The predicted octanol–water partition coefficient (Wildman–Crippen LogP) is 3.47. The van der Waals surface area contributed by atoms with Crippen molar-refractivity contribution in [3.63, 3.8) is 0 Å². The Hall–Kier alpha value is -3.00. The molecule has 0 radical (unpaired) electrons. The summed E-state index contributed by atoms with van der Waals surface area (Å²) in [5.74, 6) is -1.85. The van der Waals surface area contributed by atoms with E-state index >= 15 is 0 Å². The van der Waals surface area contributed by atoms with Gasteiger partial charge in [0, 0.05) is 23.7 Å². The second-order valence-corrected chi connectivity index (χ2v) is 6.53. The largest absolute Gasteiger partial charge is 0.394 e. The van der Waals surface area contributed by atoms with E-state index in [1.54, 1.807) is 19.1 Å². The normalized spacial score (nSPS) is 12.2. The van der Waals surface area contributed by atoms with Gasteiger partial charge in [0.2, 0.25) is 0 Å². The van der Waals surface area contributed by atoms with Crippen LogP contribution in [-0.4, -0.2) is 35.3 Å². The van der Waals surface area contributed by atoms with Gasteiger partial charge in [-0.05, 0) is 54.8 Å². The minimum absolute atomic E-state index is 0.147. The van der Waals surface area contributed by atoms with E-state index in [1.807, 2.05) is 0 Å². The SMILES string of the molecule is C[C@@H](CO)NC(=O)NCCc1c(-c2ccc(F)cc2)[nH]c2c(F)cc(F)cc12. The van der Waals surface area contributed by atoms with Crippen LogP contribution in [-0.2, 0) is 6.42 Å². The van der Waals surface area contributed by atoms with Gasteiger partial charge in [0.1, 0.15) is 17.5 Å². The molecule has 0 aliphatic heterocycles. The first-order chi connectivity index (χ1) is 13.4. The smallest absolute Gasteiger partial charge is 0.315 e. The first kappa shape index (κ1) is 19.8. The zero-order chi connectivity index (χ0) is 20.3. The van der Waals surface area contributed by atoms with Gasteiger partial charge in [-0.1, -0.05) is 0 Å². The second-order valence-electron chi connectivity index (χ2n) is 6.53. The number of carbonyl (C=O) groups excluding carboxylic acids is 1. The Morgan fingerprint density at radius 3 is 2.54 bits per heavy atom. The van der Waals surface area contributed by atoms with Gasteiger partial charge in [0.25, 0.3) is 0 Å². The summed E-state index contributed by atoms with van der Waals surface area (Å²) < 4.78 is 41.2. The average Bonchev–Trinajstić information content (AvgIpc) is 3.01. The minimum atomic E-state index is -0.730. The number of rotatable bonds is 6. The lowest BCUT2D eigenvalue weighted by Crippen LogP contribution is -2.42. The van der Waals surface area contributed by atoms with Gasteiger partial charge in [-0.15, -0.1) is 0 Å². The van der Waals surface area contributed by atoms with Gasteiger partial charge in [0.15, 0.2) is 0 Å². The molecule has 3 rings (SSSR count). The number of benzene rings is 2. The van der Waals surface area contributed by atoms with Crippen LogP contribution in [0.25, 0.3) is 22.2 Å². The van der Waals surface area contributed by atoms with Crippen molar-refractivity contribution in [2.75, 3.05) is 13.2 Å². The number of urea groups is 1. The first-order valence-electron chi connectivity index (χ1n) is 8.79. The Kier molecular flexibility index (Phi) is 5.89. The molecular weight excluding hydrogens is 371 g/mol. The number of H-pyrrole nitrogens is 1. The summed E-state index contributed by atoms with van der Waals surface area (Å²) in [5, 5.41) is 14.5. The Morgan fingerprint density at radius 1 is 1.14 bits per heavy atom. The number of nitrogens with one attached hydrogen (secondary N) is 3. The van der Waals surface area contributed by atoms with Crippen molar-refractivity contribution in [2.24, 2.45) is 0 Å². The highest BCUT2D eigenvalue weighted by molar-refractivity contribution is 5.91. The number of aromatic amines is 1. The predicted molar refractivity (Wildman–Crippen MR) is 100 cm³/mol. The third kappa shape index (κ3) is 4.28. The maximum Gasteiger partial charge on any atom is 0.315 e. The van der Waals surface area contributed by atoms with Crippen LogP contribution in [0.1, 0.15) is 12.5 Å². The van der Waals surface area contributed by atoms with Gasteiger partial charge >= 0.3 is 6.03 Å². The van der Waals surface area contributed by atoms with Crippen LogP contribution in [0.4, 0.5) is 18.0 Å². The van der Waals surface area contributed by atoms with Crippen molar-refractivity contribution in [1.29, 1.82) is 0 Å². The summed E-state index contributed by atoms with van der Waals surface area (Å²) in [6.07, 6.45) is 0.288.